The Balaban J connectivity index is 2.87. The minimum atomic E-state index is 0.225. The third-order valence-corrected chi connectivity index (χ3v) is 2.14. The highest BCUT2D eigenvalue weighted by Gasteiger charge is 2.06. The number of para-hydroxylation sites is 1. The van der Waals surface area contributed by atoms with Crippen LogP contribution < -0.4 is 10.5 Å². The highest BCUT2D eigenvalue weighted by Crippen LogP contribution is 2.26. The molecule has 0 aromatic heterocycles. The molecule has 0 spiro atoms. The first-order valence-electron chi connectivity index (χ1n) is 4.67. The van der Waals surface area contributed by atoms with Gasteiger partial charge in [-0.05, 0) is 31.9 Å². The van der Waals surface area contributed by atoms with Crippen molar-refractivity contribution in [2.45, 2.75) is 33.3 Å². The Kier molecular flexibility index (Phi) is 3.18. The van der Waals surface area contributed by atoms with E-state index >= 15 is 0 Å². The van der Waals surface area contributed by atoms with Crippen LogP contribution in [0.5, 0.6) is 5.75 Å². The maximum Gasteiger partial charge on any atom is 0.145 e. The van der Waals surface area contributed by atoms with E-state index in [4.69, 9.17) is 10.5 Å². The number of anilines is 1. The van der Waals surface area contributed by atoms with Crippen molar-refractivity contribution in [3.8, 4) is 5.75 Å². The molecular formula is C11H17NO. The number of hydrogen-bond acceptors (Lipinski definition) is 2. The first-order chi connectivity index (χ1) is 6.15. The molecule has 1 unspecified atom stereocenters. The van der Waals surface area contributed by atoms with Gasteiger partial charge in [-0.3, -0.25) is 0 Å². The molecule has 1 aromatic rings. The predicted octanol–water partition coefficient (Wildman–Crippen LogP) is 2.75. The lowest BCUT2D eigenvalue weighted by atomic mass is 10.2. The second-order valence-electron chi connectivity index (χ2n) is 3.33. The van der Waals surface area contributed by atoms with Crippen LogP contribution in [0.1, 0.15) is 25.8 Å². The van der Waals surface area contributed by atoms with Gasteiger partial charge in [0.05, 0.1) is 11.8 Å². The second kappa shape index (κ2) is 4.17. The minimum absolute atomic E-state index is 0.225. The van der Waals surface area contributed by atoms with Crippen molar-refractivity contribution in [3.63, 3.8) is 0 Å². The van der Waals surface area contributed by atoms with Gasteiger partial charge in [0.1, 0.15) is 5.75 Å². The Hall–Kier alpha value is -1.18. The number of benzene rings is 1. The van der Waals surface area contributed by atoms with Crippen LogP contribution in [0, 0.1) is 6.92 Å². The van der Waals surface area contributed by atoms with Gasteiger partial charge in [-0.2, -0.15) is 0 Å². The van der Waals surface area contributed by atoms with E-state index in [-0.39, 0.29) is 6.10 Å². The van der Waals surface area contributed by atoms with Crippen LogP contribution >= 0.6 is 0 Å². The van der Waals surface area contributed by atoms with E-state index < -0.39 is 0 Å². The fourth-order valence-corrected chi connectivity index (χ4v) is 1.12. The molecule has 2 heteroatoms. The molecule has 1 rings (SSSR count). The first-order valence-corrected chi connectivity index (χ1v) is 4.67. The second-order valence-corrected chi connectivity index (χ2v) is 3.33. The topological polar surface area (TPSA) is 35.2 Å². The summed E-state index contributed by atoms with van der Waals surface area (Å²) in [6.45, 7) is 6.15. The van der Waals surface area contributed by atoms with Gasteiger partial charge in [0.25, 0.3) is 0 Å². The molecule has 72 valence electrons. The van der Waals surface area contributed by atoms with Gasteiger partial charge in [0.15, 0.2) is 0 Å². The van der Waals surface area contributed by atoms with Crippen molar-refractivity contribution in [2.75, 3.05) is 5.73 Å². The van der Waals surface area contributed by atoms with Crippen LogP contribution in [0.4, 0.5) is 5.69 Å². The molecular weight excluding hydrogens is 162 g/mol. The summed E-state index contributed by atoms with van der Waals surface area (Å²) in [6, 6.07) is 5.81. The Labute approximate surface area is 79.7 Å². The molecule has 0 aliphatic heterocycles. The third-order valence-electron chi connectivity index (χ3n) is 2.14. The average molecular weight is 179 g/mol. The van der Waals surface area contributed by atoms with E-state index in [1.54, 1.807) is 0 Å². The van der Waals surface area contributed by atoms with Gasteiger partial charge in [-0.25, -0.2) is 0 Å². The Morgan fingerprint density at radius 3 is 2.69 bits per heavy atom. The number of rotatable bonds is 3. The van der Waals surface area contributed by atoms with Crippen LogP contribution in [-0.2, 0) is 0 Å². The fourth-order valence-electron chi connectivity index (χ4n) is 1.12. The van der Waals surface area contributed by atoms with E-state index in [9.17, 15) is 0 Å². The van der Waals surface area contributed by atoms with E-state index in [1.165, 1.54) is 0 Å². The lowest BCUT2D eigenvalue weighted by Crippen LogP contribution is -2.11. The number of nitrogen functional groups attached to an aromatic ring is 1. The fraction of sp³-hybridized carbons (Fsp3) is 0.455. The lowest BCUT2D eigenvalue weighted by molar-refractivity contribution is 0.217. The molecule has 0 saturated heterocycles. The van der Waals surface area contributed by atoms with Crippen molar-refractivity contribution in [1.82, 2.24) is 0 Å². The number of aryl methyl sites for hydroxylation is 1. The largest absolute Gasteiger partial charge is 0.488 e. The van der Waals surface area contributed by atoms with Crippen LogP contribution in [0.3, 0.4) is 0 Å². The van der Waals surface area contributed by atoms with Crippen molar-refractivity contribution in [2.24, 2.45) is 0 Å². The van der Waals surface area contributed by atoms with Crippen molar-refractivity contribution >= 4 is 5.69 Å². The normalized spacial score (nSPS) is 12.5. The van der Waals surface area contributed by atoms with E-state index in [2.05, 4.69) is 6.92 Å². The minimum Gasteiger partial charge on any atom is -0.488 e. The summed E-state index contributed by atoms with van der Waals surface area (Å²) in [5.41, 5.74) is 7.62. The van der Waals surface area contributed by atoms with Gasteiger partial charge >= 0.3 is 0 Å². The Bertz CT molecular complexity index is 263. The Morgan fingerprint density at radius 2 is 2.15 bits per heavy atom. The zero-order valence-corrected chi connectivity index (χ0v) is 8.50. The van der Waals surface area contributed by atoms with Crippen LogP contribution in [0.2, 0.25) is 0 Å². The van der Waals surface area contributed by atoms with Crippen molar-refractivity contribution < 1.29 is 4.74 Å². The molecule has 0 bridgehead atoms. The quantitative estimate of drug-likeness (QED) is 0.724. The Morgan fingerprint density at radius 1 is 1.46 bits per heavy atom. The summed E-state index contributed by atoms with van der Waals surface area (Å²) in [6.07, 6.45) is 1.22. The molecule has 0 aliphatic carbocycles. The van der Waals surface area contributed by atoms with E-state index in [0.29, 0.717) is 0 Å². The van der Waals surface area contributed by atoms with Crippen LogP contribution in [0.15, 0.2) is 18.2 Å². The lowest BCUT2D eigenvalue weighted by Gasteiger charge is -2.16. The van der Waals surface area contributed by atoms with Gasteiger partial charge in [0, 0.05) is 0 Å². The summed E-state index contributed by atoms with van der Waals surface area (Å²) in [5, 5.41) is 0. The molecule has 13 heavy (non-hydrogen) atoms. The zero-order valence-electron chi connectivity index (χ0n) is 8.50. The van der Waals surface area contributed by atoms with Gasteiger partial charge in [0.2, 0.25) is 0 Å². The van der Waals surface area contributed by atoms with E-state index in [1.807, 2.05) is 32.0 Å². The highest BCUT2D eigenvalue weighted by molar-refractivity contribution is 5.56. The molecule has 2 nitrogen and oxygen atoms in total. The number of hydrogen-bond donors (Lipinski definition) is 1. The summed E-state index contributed by atoms with van der Waals surface area (Å²) in [5.74, 6) is 0.830. The summed E-state index contributed by atoms with van der Waals surface area (Å²) < 4.78 is 5.70. The van der Waals surface area contributed by atoms with Crippen LogP contribution in [-0.4, -0.2) is 6.10 Å². The van der Waals surface area contributed by atoms with Crippen LogP contribution in [0.25, 0.3) is 0 Å². The standard InChI is InChI=1S/C11H17NO/c1-4-9(3)13-11-8(2)6-5-7-10(11)12/h5-7,9H,4,12H2,1-3H3. The average Bonchev–Trinajstić information content (AvgIpc) is 2.11. The number of nitrogens with two attached hydrogens (primary N) is 1. The molecule has 1 atom stereocenters. The molecule has 0 aliphatic rings. The molecule has 0 fully saturated rings. The number of ether oxygens (including phenoxy) is 1. The summed E-state index contributed by atoms with van der Waals surface area (Å²) in [4.78, 5) is 0. The molecule has 0 amide bonds. The molecule has 0 saturated carbocycles. The predicted molar refractivity (Wildman–Crippen MR) is 56.0 cm³/mol. The van der Waals surface area contributed by atoms with Gasteiger partial charge in [-0.15, -0.1) is 0 Å². The van der Waals surface area contributed by atoms with Gasteiger partial charge in [-0.1, -0.05) is 19.1 Å². The monoisotopic (exact) mass is 179 g/mol. The smallest absolute Gasteiger partial charge is 0.145 e. The van der Waals surface area contributed by atoms with Gasteiger partial charge < -0.3 is 10.5 Å². The highest BCUT2D eigenvalue weighted by atomic mass is 16.5. The summed E-state index contributed by atoms with van der Waals surface area (Å²) >= 11 is 0. The SMILES string of the molecule is CCC(C)Oc1c(C)cccc1N. The van der Waals surface area contributed by atoms with Crippen molar-refractivity contribution in [1.29, 1.82) is 0 Å². The zero-order chi connectivity index (χ0) is 9.84. The first kappa shape index (κ1) is 9.90. The maximum absolute atomic E-state index is 5.80. The third kappa shape index (κ3) is 2.38. The summed E-state index contributed by atoms with van der Waals surface area (Å²) in [7, 11) is 0. The molecule has 2 N–H and O–H groups in total. The molecule has 0 radical (unpaired) electrons. The maximum atomic E-state index is 5.80. The van der Waals surface area contributed by atoms with E-state index in [0.717, 1.165) is 23.4 Å². The molecule has 0 heterocycles. The van der Waals surface area contributed by atoms with Crippen molar-refractivity contribution in [3.05, 3.63) is 23.8 Å². The molecule has 1 aromatic carbocycles.